The summed E-state index contributed by atoms with van der Waals surface area (Å²) in [6.45, 7) is 6.86. The first-order chi connectivity index (χ1) is 15.8. The van der Waals surface area contributed by atoms with Gasteiger partial charge in [0.25, 0.3) is 0 Å². The Hall–Kier alpha value is -2.64. The minimum absolute atomic E-state index is 0.0594. The molecule has 1 aromatic heterocycles. The van der Waals surface area contributed by atoms with Crippen molar-refractivity contribution in [2.45, 2.75) is 69.7 Å². The lowest BCUT2D eigenvalue weighted by Crippen LogP contribution is -2.43. The number of amides is 1. The fourth-order valence-corrected chi connectivity index (χ4v) is 6.28. The van der Waals surface area contributed by atoms with Crippen LogP contribution in [0.3, 0.4) is 0 Å². The van der Waals surface area contributed by atoms with E-state index in [1.807, 2.05) is 19.1 Å². The first kappa shape index (κ1) is 23.5. The number of carbonyl (C=O) groups excluding carboxylic acids is 1. The summed E-state index contributed by atoms with van der Waals surface area (Å²) in [7, 11) is -3.54. The number of fused-ring (bicyclic) bond motifs is 1. The molecule has 3 aromatic rings. The summed E-state index contributed by atoms with van der Waals surface area (Å²) in [5.74, 6) is 0.212. The molecule has 6 nitrogen and oxygen atoms in total. The minimum atomic E-state index is -3.54. The van der Waals surface area contributed by atoms with Crippen molar-refractivity contribution in [2.75, 3.05) is 11.9 Å². The van der Waals surface area contributed by atoms with Crippen molar-refractivity contribution < 1.29 is 17.6 Å². The van der Waals surface area contributed by atoms with Crippen molar-refractivity contribution >= 4 is 32.6 Å². The van der Waals surface area contributed by atoms with Crippen LogP contribution in [-0.4, -0.2) is 31.2 Å². The van der Waals surface area contributed by atoms with Gasteiger partial charge >= 0.3 is 0 Å². The van der Waals surface area contributed by atoms with E-state index in [1.54, 1.807) is 34.8 Å². The normalized spacial score (nSPS) is 17.5. The smallest absolute Gasteiger partial charge is 0.243 e. The summed E-state index contributed by atoms with van der Waals surface area (Å²) in [6, 6.07) is 12.6. The van der Waals surface area contributed by atoms with E-state index in [2.05, 4.69) is 25.2 Å². The maximum absolute atomic E-state index is 13.1. The second-order valence-electron chi connectivity index (χ2n) is 9.09. The standard InChI is InChI=1S/C26H32N2O4S/c1-4-22-7-5-6-14-28(22)33(30,31)23-11-9-21(10-12-23)27-26(29)16-20-17-32-25-13-8-19(18(2)3)15-24(20)25/h8-13,15,17-18,22H,4-7,14,16H2,1-3H3,(H,27,29). The third-order valence-corrected chi connectivity index (χ3v) is 8.45. The van der Waals surface area contributed by atoms with Gasteiger partial charge < -0.3 is 9.73 Å². The molecule has 7 heteroatoms. The first-order valence-corrected chi connectivity index (χ1v) is 13.2. The molecule has 1 N–H and O–H groups in total. The zero-order valence-electron chi connectivity index (χ0n) is 19.5. The lowest BCUT2D eigenvalue weighted by atomic mass is 10.00. The molecule has 1 saturated heterocycles. The SMILES string of the molecule is CCC1CCCCN1S(=O)(=O)c1ccc(NC(=O)Cc2coc3ccc(C(C)C)cc23)cc1. The molecule has 0 radical (unpaired) electrons. The Morgan fingerprint density at radius 2 is 1.91 bits per heavy atom. The molecule has 2 heterocycles. The van der Waals surface area contributed by atoms with Gasteiger partial charge in [-0.2, -0.15) is 4.31 Å². The quantitative estimate of drug-likeness (QED) is 0.483. The van der Waals surface area contributed by atoms with Crippen molar-refractivity contribution in [1.29, 1.82) is 0 Å². The molecule has 0 bridgehead atoms. The highest BCUT2D eigenvalue weighted by molar-refractivity contribution is 7.89. The fraction of sp³-hybridized carbons (Fsp3) is 0.423. The van der Waals surface area contributed by atoms with Crippen LogP contribution in [0.1, 0.15) is 63.5 Å². The van der Waals surface area contributed by atoms with E-state index in [1.165, 1.54) is 5.56 Å². The third kappa shape index (κ3) is 4.99. The fourth-order valence-electron chi connectivity index (χ4n) is 4.52. The monoisotopic (exact) mass is 468 g/mol. The molecule has 33 heavy (non-hydrogen) atoms. The van der Waals surface area contributed by atoms with E-state index in [4.69, 9.17) is 4.42 Å². The van der Waals surface area contributed by atoms with E-state index in [0.717, 1.165) is 42.2 Å². The minimum Gasteiger partial charge on any atom is -0.464 e. The average molecular weight is 469 g/mol. The van der Waals surface area contributed by atoms with E-state index in [-0.39, 0.29) is 23.3 Å². The van der Waals surface area contributed by atoms with Gasteiger partial charge in [-0.25, -0.2) is 8.42 Å². The number of nitrogens with one attached hydrogen (secondary N) is 1. The van der Waals surface area contributed by atoms with Crippen LogP contribution < -0.4 is 5.32 Å². The second kappa shape index (κ2) is 9.69. The van der Waals surface area contributed by atoms with Crippen LogP contribution in [-0.2, 0) is 21.2 Å². The lowest BCUT2D eigenvalue weighted by Gasteiger charge is -2.34. The van der Waals surface area contributed by atoms with Gasteiger partial charge in [-0.15, -0.1) is 0 Å². The number of nitrogens with zero attached hydrogens (tertiary/aromatic N) is 1. The van der Waals surface area contributed by atoms with Gasteiger partial charge in [0.1, 0.15) is 5.58 Å². The molecule has 1 fully saturated rings. The molecule has 1 amide bonds. The van der Waals surface area contributed by atoms with Crippen LogP contribution in [0.4, 0.5) is 5.69 Å². The van der Waals surface area contributed by atoms with Gasteiger partial charge in [-0.05, 0) is 67.1 Å². The van der Waals surface area contributed by atoms with E-state index in [9.17, 15) is 13.2 Å². The molecule has 4 rings (SSSR count). The van der Waals surface area contributed by atoms with Crippen LogP contribution >= 0.6 is 0 Å². The Morgan fingerprint density at radius 3 is 2.61 bits per heavy atom. The third-order valence-electron chi connectivity index (χ3n) is 6.48. The molecule has 1 atom stereocenters. The summed E-state index contributed by atoms with van der Waals surface area (Å²) in [5.41, 5.74) is 3.36. The molecule has 0 spiro atoms. The number of benzene rings is 2. The van der Waals surface area contributed by atoms with Gasteiger partial charge in [0.05, 0.1) is 17.6 Å². The highest BCUT2D eigenvalue weighted by Crippen LogP contribution is 2.28. The largest absolute Gasteiger partial charge is 0.464 e. The molecule has 0 aliphatic carbocycles. The van der Waals surface area contributed by atoms with E-state index >= 15 is 0 Å². The van der Waals surface area contributed by atoms with Crippen LogP contribution in [0, 0.1) is 0 Å². The summed E-state index contributed by atoms with van der Waals surface area (Å²) in [4.78, 5) is 12.9. The summed E-state index contributed by atoms with van der Waals surface area (Å²) in [5, 5.41) is 3.82. The number of piperidine rings is 1. The predicted molar refractivity (Wildman–Crippen MR) is 131 cm³/mol. The van der Waals surface area contributed by atoms with E-state index < -0.39 is 10.0 Å². The number of furan rings is 1. The zero-order chi connectivity index (χ0) is 23.6. The number of hydrogen-bond donors (Lipinski definition) is 1. The van der Waals surface area contributed by atoms with Crippen LogP contribution in [0.25, 0.3) is 11.0 Å². The molecular formula is C26H32N2O4S. The number of rotatable bonds is 7. The molecular weight excluding hydrogens is 436 g/mol. The van der Waals surface area contributed by atoms with Crippen molar-refractivity contribution in [2.24, 2.45) is 0 Å². The van der Waals surface area contributed by atoms with E-state index in [0.29, 0.717) is 18.2 Å². The number of sulfonamides is 1. The van der Waals surface area contributed by atoms with Crippen molar-refractivity contribution in [3.63, 3.8) is 0 Å². The highest BCUT2D eigenvalue weighted by Gasteiger charge is 2.32. The molecule has 1 unspecified atom stereocenters. The number of anilines is 1. The number of hydrogen-bond acceptors (Lipinski definition) is 4. The Balaban J connectivity index is 1.45. The molecule has 1 aliphatic heterocycles. The van der Waals surface area contributed by atoms with Crippen LogP contribution in [0.2, 0.25) is 0 Å². The average Bonchev–Trinajstić information content (AvgIpc) is 3.21. The lowest BCUT2D eigenvalue weighted by molar-refractivity contribution is -0.115. The predicted octanol–water partition coefficient (Wildman–Crippen LogP) is 5.69. The molecule has 2 aromatic carbocycles. The van der Waals surface area contributed by atoms with Crippen LogP contribution in [0.5, 0.6) is 0 Å². The van der Waals surface area contributed by atoms with Gasteiger partial charge in [0, 0.05) is 29.2 Å². The van der Waals surface area contributed by atoms with Gasteiger partial charge in [-0.3, -0.25) is 4.79 Å². The Labute approximate surface area is 196 Å². The first-order valence-electron chi connectivity index (χ1n) is 11.7. The van der Waals surface area contributed by atoms with Gasteiger partial charge in [0.15, 0.2) is 0 Å². The molecule has 176 valence electrons. The number of carbonyl (C=O) groups is 1. The summed E-state index contributed by atoms with van der Waals surface area (Å²) in [6.07, 6.45) is 5.50. The highest BCUT2D eigenvalue weighted by atomic mass is 32.2. The van der Waals surface area contributed by atoms with Gasteiger partial charge in [0.2, 0.25) is 15.9 Å². The van der Waals surface area contributed by atoms with Crippen molar-refractivity contribution in [1.82, 2.24) is 4.31 Å². The summed E-state index contributed by atoms with van der Waals surface area (Å²) < 4.78 is 33.5. The van der Waals surface area contributed by atoms with Gasteiger partial charge in [-0.1, -0.05) is 33.3 Å². The van der Waals surface area contributed by atoms with Crippen LogP contribution in [0.15, 0.2) is 58.0 Å². The maximum atomic E-state index is 13.1. The Morgan fingerprint density at radius 1 is 1.15 bits per heavy atom. The summed E-state index contributed by atoms with van der Waals surface area (Å²) >= 11 is 0. The second-order valence-corrected chi connectivity index (χ2v) is 11.0. The van der Waals surface area contributed by atoms with Crippen molar-refractivity contribution in [3.8, 4) is 0 Å². The Kier molecular flexibility index (Phi) is 6.91. The molecule has 1 aliphatic rings. The maximum Gasteiger partial charge on any atom is 0.243 e. The van der Waals surface area contributed by atoms with Crippen molar-refractivity contribution in [3.05, 3.63) is 59.9 Å². The molecule has 0 saturated carbocycles. The topological polar surface area (TPSA) is 79.6 Å². The zero-order valence-corrected chi connectivity index (χ0v) is 20.3. The Bertz CT molecular complexity index is 1230.